The van der Waals surface area contributed by atoms with E-state index in [-0.39, 0.29) is 10.6 Å². The minimum Gasteiger partial charge on any atom is -0.207 e. The third-order valence-electron chi connectivity index (χ3n) is 3.27. The molecule has 1 unspecified atom stereocenters. The molecule has 3 rings (SSSR count). The Morgan fingerprint density at radius 1 is 0.900 bits per heavy atom. The van der Waals surface area contributed by atoms with Crippen molar-refractivity contribution < 1.29 is 4.39 Å². The van der Waals surface area contributed by atoms with Crippen LogP contribution in [-0.2, 0) is 0 Å². The molecular formula is C17H11Br2F. The Balaban J connectivity index is 2.15. The van der Waals surface area contributed by atoms with Crippen molar-refractivity contribution >= 4 is 42.6 Å². The number of fused-ring (bicyclic) bond motifs is 1. The SMILES string of the molecule is Fc1cc(Br)cc(C(Br)c2cccc3ccccc23)c1. The van der Waals surface area contributed by atoms with Crippen LogP contribution < -0.4 is 0 Å². The number of hydrogen-bond donors (Lipinski definition) is 0. The third kappa shape index (κ3) is 2.65. The molecule has 20 heavy (non-hydrogen) atoms. The summed E-state index contributed by atoms with van der Waals surface area (Å²) >= 11 is 7.04. The number of rotatable bonds is 2. The largest absolute Gasteiger partial charge is 0.207 e. The lowest BCUT2D eigenvalue weighted by molar-refractivity contribution is 0.625. The molecule has 100 valence electrons. The maximum atomic E-state index is 13.6. The van der Waals surface area contributed by atoms with E-state index < -0.39 is 0 Å². The topological polar surface area (TPSA) is 0 Å². The quantitative estimate of drug-likeness (QED) is 0.453. The summed E-state index contributed by atoms with van der Waals surface area (Å²) in [6, 6.07) is 19.4. The van der Waals surface area contributed by atoms with Crippen molar-refractivity contribution in [2.75, 3.05) is 0 Å². The highest BCUT2D eigenvalue weighted by molar-refractivity contribution is 9.10. The monoisotopic (exact) mass is 392 g/mol. The normalized spacial score (nSPS) is 12.6. The highest BCUT2D eigenvalue weighted by Crippen LogP contribution is 2.36. The second-order valence-corrected chi connectivity index (χ2v) is 6.47. The van der Waals surface area contributed by atoms with Crippen molar-refractivity contribution in [3.63, 3.8) is 0 Å². The second-order valence-electron chi connectivity index (χ2n) is 4.63. The molecular weight excluding hydrogens is 383 g/mol. The van der Waals surface area contributed by atoms with Gasteiger partial charge in [-0.15, -0.1) is 0 Å². The summed E-state index contributed by atoms with van der Waals surface area (Å²) in [6.45, 7) is 0. The summed E-state index contributed by atoms with van der Waals surface area (Å²) in [7, 11) is 0. The predicted molar refractivity (Wildman–Crippen MR) is 88.8 cm³/mol. The molecule has 0 saturated carbocycles. The Kier molecular flexibility index (Phi) is 3.90. The van der Waals surface area contributed by atoms with Crippen molar-refractivity contribution in [2.24, 2.45) is 0 Å². The van der Waals surface area contributed by atoms with Gasteiger partial charge in [-0.2, -0.15) is 0 Å². The number of alkyl halides is 1. The van der Waals surface area contributed by atoms with Gasteiger partial charge in [-0.1, -0.05) is 74.3 Å². The first-order valence-corrected chi connectivity index (χ1v) is 7.94. The summed E-state index contributed by atoms with van der Waals surface area (Å²) in [5, 5.41) is 2.36. The first-order valence-electron chi connectivity index (χ1n) is 6.23. The maximum absolute atomic E-state index is 13.6. The average molecular weight is 394 g/mol. The molecule has 0 spiro atoms. The Morgan fingerprint density at radius 2 is 1.65 bits per heavy atom. The lowest BCUT2D eigenvalue weighted by atomic mass is 9.98. The van der Waals surface area contributed by atoms with Crippen LogP contribution in [0, 0.1) is 5.82 Å². The molecule has 3 heteroatoms. The van der Waals surface area contributed by atoms with Crippen LogP contribution in [0.2, 0.25) is 0 Å². The molecule has 3 aromatic carbocycles. The van der Waals surface area contributed by atoms with Gasteiger partial charge in [-0.3, -0.25) is 0 Å². The highest BCUT2D eigenvalue weighted by Gasteiger charge is 2.14. The number of halogens is 3. The minimum absolute atomic E-state index is 0.0411. The first-order chi connectivity index (χ1) is 9.65. The van der Waals surface area contributed by atoms with Crippen LogP contribution in [0.1, 0.15) is 16.0 Å². The van der Waals surface area contributed by atoms with Crippen LogP contribution in [0.4, 0.5) is 4.39 Å². The Labute approximate surface area is 133 Å². The molecule has 3 aromatic rings. The van der Waals surface area contributed by atoms with Gasteiger partial charge >= 0.3 is 0 Å². The molecule has 0 aliphatic carbocycles. The van der Waals surface area contributed by atoms with Crippen LogP contribution in [0.25, 0.3) is 10.8 Å². The predicted octanol–water partition coefficient (Wildman–Crippen LogP) is 6.23. The van der Waals surface area contributed by atoms with E-state index in [1.54, 1.807) is 6.07 Å². The third-order valence-corrected chi connectivity index (χ3v) is 4.75. The fourth-order valence-corrected chi connectivity index (χ4v) is 3.52. The fourth-order valence-electron chi connectivity index (χ4n) is 2.37. The van der Waals surface area contributed by atoms with Gasteiger partial charge in [-0.25, -0.2) is 4.39 Å². The van der Waals surface area contributed by atoms with Crippen LogP contribution in [0.15, 0.2) is 65.1 Å². The van der Waals surface area contributed by atoms with Crippen molar-refractivity contribution in [2.45, 2.75) is 4.83 Å². The van der Waals surface area contributed by atoms with Crippen LogP contribution >= 0.6 is 31.9 Å². The molecule has 0 amide bonds. The molecule has 0 N–H and O–H groups in total. The molecule has 1 atom stereocenters. The molecule has 0 nitrogen and oxygen atoms in total. The van der Waals surface area contributed by atoms with E-state index in [1.165, 1.54) is 16.8 Å². The molecule has 0 heterocycles. The molecule has 0 fully saturated rings. The fraction of sp³-hybridized carbons (Fsp3) is 0.0588. The zero-order chi connectivity index (χ0) is 14.1. The van der Waals surface area contributed by atoms with Gasteiger partial charge in [0.2, 0.25) is 0 Å². The standard InChI is InChI=1S/C17H11Br2F/c18-13-8-12(9-14(20)10-13)17(19)16-7-3-5-11-4-1-2-6-15(11)16/h1-10,17H. The van der Waals surface area contributed by atoms with Gasteiger partial charge in [0.15, 0.2) is 0 Å². The highest BCUT2D eigenvalue weighted by atomic mass is 79.9. The first kappa shape index (κ1) is 13.8. The average Bonchev–Trinajstić information content (AvgIpc) is 2.45. The Morgan fingerprint density at radius 3 is 2.45 bits per heavy atom. The molecule has 0 aromatic heterocycles. The molecule has 0 bridgehead atoms. The molecule has 0 radical (unpaired) electrons. The zero-order valence-electron chi connectivity index (χ0n) is 10.5. The summed E-state index contributed by atoms with van der Waals surface area (Å²) < 4.78 is 14.3. The van der Waals surface area contributed by atoms with Crippen molar-refractivity contribution in [1.82, 2.24) is 0 Å². The van der Waals surface area contributed by atoms with Crippen LogP contribution in [0.3, 0.4) is 0 Å². The maximum Gasteiger partial charge on any atom is 0.124 e. The summed E-state index contributed by atoms with van der Waals surface area (Å²) in [4.78, 5) is -0.0411. The number of benzene rings is 3. The van der Waals surface area contributed by atoms with Crippen molar-refractivity contribution in [1.29, 1.82) is 0 Å². The Hall–Kier alpha value is -1.19. The van der Waals surface area contributed by atoms with E-state index in [2.05, 4.69) is 56.1 Å². The molecule has 0 saturated heterocycles. The van der Waals surface area contributed by atoms with Gasteiger partial charge < -0.3 is 0 Å². The van der Waals surface area contributed by atoms with E-state index in [0.717, 1.165) is 15.6 Å². The van der Waals surface area contributed by atoms with E-state index >= 15 is 0 Å². The smallest absolute Gasteiger partial charge is 0.124 e. The van der Waals surface area contributed by atoms with E-state index in [9.17, 15) is 4.39 Å². The van der Waals surface area contributed by atoms with Gasteiger partial charge in [0, 0.05) is 4.47 Å². The summed E-state index contributed by atoms with van der Waals surface area (Å²) in [5.41, 5.74) is 2.04. The molecule has 0 aliphatic rings. The lowest BCUT2D eigenvalue weighted by Gasteiger charge is -2.14. The van der Waals surface area contributed by atoms with Crippen LogP contribution in [-0.4, -0.2) is 0 Å². The van der Waals surface area contributed by atoms with E-state index in [1.807, 2.05) is 24.3 Å². The summed E-state index contributed by atoms with van der Waals surface area (Å²) in [5.74, 6) is -0.237. The summed E-state index contributed by atoms with van der Waals surface area (Å²) in [6.07, 6.45) is 0. The zero-order valence-corrected chi connectivity index (χ0v) is 13.7. The van der Waals surface area contributed by atoms with E-state index in [4.69, 9.17) is 0 Å². The van der Waals surface area contributed by atoms with Crippen LogP contribution in [0.5, 0.6) is 0 Å². The van der Waals surface area contributed by atoms with E-state index in [0.29, 0.717) is 0 Å². The van der Waals surface area contributed by atoms with Crippen molar-refractivity contribution in [3.8, 4) is 0 Å². The number of hydrogen-bond acceptors (Lipinski definition) is 0. The van der Waals surface area contributed by atoms with Gasteiger partial charge in [0.1, 0.15) is 5.82 Å². The minimum atomic E-state index is -0.237. The van der Waals surface area contributed by atoms with Crippen molar-refractivity contribution in [3.05, 3.63) is 82.1 Å². The van der Waals surface area contributed by atoms with Gasteiger partial charge in [-0.05, 0) is 40.1 Å². The molecule has 0 aliphatic heterocycles. The second kappa shape index (κ2) is 5.66. The lowest BCUT2D eigenvalue weighted by Crippen LogP contribution is -1.95. The van der Waals surface area contributed by atoms with Gasteiger partial charge in [0.05, 0.1) is 4.83 Å². The Bertz CT molecular complexity index is 742. The van der Waals surface area contributed by atoms with Gasteiger partial charge in [0.25, 0.3) is 0 Å².